The fraction of sp³-hybridized carbons (Fsp3) is 0.379. The summed E-state index contributed by atoms with van der Waals surface area (Å²) < 4.78 is 5.51. The van der Waals surface area contributed by atoms with Gasteiger partial charge in [-0.15, -0.1) is 0 Å². The lowest BCUT2D eigenvalue weighted by atomic mass is 9.86. The van der Waals surface area contributed by atoms with Crippen molar-refractivity contribution < 1.29 is 14.6 Å². The molecule has 0 bridgehead atoms. The van der Waals surface area contributed by atoms with Crippen LogP contribution in [0.3, 0.4) is 0 Å². The molecule has 1 aromatic heterocycles. The van der Waals surface area contributed by atoms with Crippen LogP contribution in [0.1, 0.15) is 31.4 Å². The SMILES string of the molecule is O=C(COc1ccccc1)Nc1ccc(N2CCC(N3CCC(O)(c4ccccn4)CC3)CC2)cc1. The number of nitrogens with one attached hydrogen (secondary N) is 1. The van der Waals surface area contributed by atoms with E-state index in [0.717, 1.165) is 63.2 Å². The van der Waals surface area contributed by atoms with Gasteiger partial charge in [-0.05, 0) is 74.2 Å². The Hall–Kier alpha value is -3.42. The average molecular weight is 487 g/mol. The van der Waals surface area contributed by atoms with Gasteiger partial charge in [0.2, 0.25) is 0 Å². The summed E-state index contributed by atoms with van der Waals surface area (Å²) in [7, 11) is 0. The van der Waals surface area contributed by atoms with Crippen LogP contribution in [0.5, 0.6) is 5.75 Å². The Balaban J connectivity index is 1.07. The van der Waals surface area contributed by atoms with Crippen LogP contribution < -0.4 is 15.0 Å². The Kier molecular flexibility index (Phi) is 7.49. The molecule has 2 aromatic carbocycles. The number of pyridine rings is 1. The van der Waals surface area contributed by atoms with Crippen molar-refractivity contribution in [3.63, 3.8) is 0 Å². The Morgan fingerprint density at radius 2 is 1.64 bits per heavy atom. The van der Waals surface area contributed by atoms with Gasteiger partial charge in [-0.1, -0.05) is 24.3 Å². The van der Waals surface area contributed by atoms with Gasteiger partial charge in [0.15, 0.2) is 6.61 Å². The summed E-state index contributed by atoms with van der Waals surface area (Å²) in [5.74, 6) is 0.503. The second kappa shape index (κ2) is 11.1. The highest BCUT2D eigenvalue weighted by molar-refractivity contribution is 5.92. The van der Waals surface area contributed by atoms with E-state index in [2.05, 4.69) is 32.2 Å². The number of hydrogen-bond acceptors (Lipinski definition) is 6. The molecule has 0 saturated carbocycles. The molecule has 0 spiro atoms. The number of hydrogen-bond donors (Lipinski definition) is 2. The van der Waals surface area contributed by atoms with Crippen molar-refractivity contribution >= 4 is 17.3 Å². The molecule has 1 amide bonds. The van der Waals surface area contributed by atoms with Crippen molar-refractivity contribution in [1.29, 1.82) is 0 Å². The highest BCUT2D eigenvalue weighted by atomic mass is 16.5. The number of carbonyl (C=O) groups excluding carboxylic acids is 1. The zero-order valence-corrected chi connectivity index (χ0v) is 20.6. The van der Waals surface area contributed by atoms with Gasteiger partial charge in [-0.2, -0.15) is 0 Å². The smallest absolute Gasteiger partial charge is 0.262 e. The number of ether oxygens (including phenoxy) is 1. The molecule has 2 saturated heterocycles. The first-order valence-electron chi connectivity index (χ1n) is 12.8. The van der Waals surface area contributed by atoms with Crippen LogP contribution >= 0.6 is 0 Å². The number of rotatable bonds is 7. The van der Waals surface area contributed by atoms with Gasteiger partial charge in [0.25, 0.3) is 5.91 Å². The van der Waals surface area contributed by atoms with Gasteiger partial charge in [0, 0.05) is 49.8 Å². The molecule has 0 unspecified atom stereocenters. The van der Waals surface area contributed by atoms with Crippen molar-refractivity contribution in [2.75, 3.05) is 43.0 Å². The summed E-state index contributed by atoms with van der Waals surface area (Å²) >= 11 is 0. The molecule has 0 radical (unpaired) electrons. The zero-order chi connectivity index (χ0) is 24.8. The molecule has 7 nitrogen and oxygen atoms in total. The minimum Gasteiger partial charge on any atom is -0.484 e. The van der Waals surface area contributed by atoms with Crippen molar-refractivity contribution in [2.24, 2.45) is 0 Å². The van der Waals surface area contributed by atoms with Crippen LogP contribution in [0.15, 0.2) is 79.0 Å². The number of nitrogens with zero attached hydrogens (tertiary/aromatic N) is 3. The van der Waals surface area contributed by atoms with Crippen LogP contribution in [0, 0.1) is 0 Å². The van der Waals surface area contributed by atoms with Crippen LogP contribution in [0.25, 0.3) is 0 Å². The van der Waals surface area contributed by atoms with E-state index in [1.807, 2.05) is 60.7 Å². The number of anilines is 2. The van der Waals surface area contributed by atoms with Crippen molar-refractivity contribution in [3.05, 3.63) is 84.7 Å². The number of benzene rings is 2. The summed E-state index contributed by atoms with van der Waals surface area (Å²) in [6.07, 6.45) is 5.44. The van der Waals surface area contributed by atoms with E-state index < -0.39 is 5.60 Å². The third kappa shape index (κ3) is 5.86. The van der Waals surface area contributed by atoms with Crippen LogP contribution in [-0.2, 0) is 10.4 Å². The number of para-hydroxylation sites is 1. The van der Waals surface area contributed by atoms with E-state index in [4.69, 9.17) is 4.74 Å². The predicted octanol–water partition coefficient (Wildman–Crippen LogP) is 4.05. The zero-order valence-electron chi connectivity index (χ0n) is 20.6. The minimum absolute atomic E-state index is 0.0188. The Labute approximate surface area is 212 Å². The maximum atomic E-state index is 12.2. The molecule has 2 fully saturated rings. The largest absolute Gasteiger partial charge is 0.484 e. The number of carbonyl (C=O) groups is 1. The molecule has 7 heteroatoms. The average Bonchev–Trinajstić information content (AvgIpc) is 2.94. The third-order valence-electron chi connectivity index (χ3n) is 7.38. The Morgan fingerprint density at radius 3 is 2.31 bits per heavy atom. The van der Waals surface area contributed by atoms with Crippen LogP contribution in [-0.4, -0.2) is 59.7 Å². The Morgan fingerprint density at radius 1 is 0.944 bits per heavy atom. The van der Waals surface area contributed by atoms with Crippen molar-refractivity contribution in [3.8, 4) is 5.75 Å². The molecular weight excluding hydrogens is 452 g/mol. The molecule has 188 valence electrons. The maximum absolute atomic E-state index is 12.2. The van der Waals surface area contributed by atoms with Crippen molar-refractivity contribution in [1.82, 2.24) is 9.88 Å². The lowest BCUT2D eigenvalue weighted by molar-refractivity contribution is -0.118. The van der Waals surface area contributed by atoms with E-state index in [0.29, 0.717) is 11.8 Å². The first kappa shape index (κ1) is 24.3. The van der Waals surface area contributed by atoms with Gasteiger partial charge in [0.1, 0.15) is 11.4 Å². The quantitative estimate of drug-likeness (QED) is 0.525. The molecule has 3 aromatic rings. The molecule has 0 aliphatic carbocycles. The maximum Gasteiger partial charge on any atom is 0.262 e. The number of aliphatic hydroxyl groups is 1. The van der Waals surface area contributed by atoms with E-state index in [-0.39, 0.29) is 12.5 Å². The van der Waals surface area contributed by atoms with Crippen LogP contribution in [0.2, 0.25) is 0 Å². The highest BCUT2D eigenvalue weighted by Gasteiger charge is 2.37. The van der Waals surface area contributed by atoms with Gasteiger partial charge >= 0.3 is 0 Å². The number of amides is 1. The van der Waals surface area contributed by atoms with Gasteiger partial charge in [-0.3, -0.25) is 9.78 Å². The number of piperidine rings is 2. The first-order chi connectivity index (χ1) is 17.6. The highest BCUT2D eigenvalue weighted by Crippen LogP contribution is 2.34. The van der Waals surface area contributed by atoms with E-state index >= 15 is 0 Å². The topological polar surface area (TPSA) is 77.9 Å². The van der Waals surface area contributed by atoms with Gasteiger partial charge in [-0.25, -0.2) is 0 Å². The van der Waals surface area contributed by atoms with E-state index in [1.165, 1.54) is 5.69 Å². The molecule has 5 rings (SSSR count). The van der Waals surface area contributed by atoms with E-state index in [1.54, 1.807) is 6.20 Å². The summed E-state index contributed by atoms with van der Waals surface area (Å²) in [4.78, 5) is 21.6. The molecule has 36 heavy (non-hydrogen) atoms. The summed E-state index contributed by atoms with van der Waals surface area (Å²) in [5.41, 5.74) is 1.94. The summed E-state index contributed by atoms with van der Waals surface area (Å²) in [5, 5.41) is 14.0. The van der Waals surface area contributed by atoms with Crippen molar-refractivity contribution in [2.45, 2.75) is 37.3 Å². The Bertz CT molecular complexity index is 1110. The van der Waals surface area contributed by atoms with Gasteiger partial charge in [0.05, 0.1) is 5.69 Å². The molecular formula is C29H34N4O3. The second-order valence-corrected chi connectivity index (χ2v) is 9.70. The minimum atomic E-state index is -0.802. The fourth-order valence-corrected chi connectivity index (χ4v) is 5.26. The monoisotopic (exact) mass is 486 g/mol. The lowest BCUT2D eigenvalue weighted by Gasteiger charge is -2.44. The molecule has 2 aliphatic heterocycles. The molecule has 0 atom stereocenters. The molecule has 3 heterocycles. The van der Waals surface area contributed by atoms with Crippen LogP contribution in [0.4, 0.5) is 11.4 Å². The fourth-order valence-electron chi connectivity index (χ4n) is 5.26. The second-order valence-electron chi connectivity index (χ2n) is 9.70. The number of aromatic nitrogens is 1. The number of likely N-dealkylation sites (tertiary alicyclic amines) is 1. The predicted molar refractivity (Wildman–Crippen MR) is 141 cm³/mol. The lowest BCUT2D eigenvalue weighted by Crippen LogP contribution is -2.50. The molecule has 2 N–H and O–H groups in total. The van der Waals surface area contributed by atoms with E-state index in [9.17, 15) is 9.90 Å². The first-order valence-corrected chi connectivity index (χ1v) is 12.8. The normalized spacial score (nSPS) is 18.5. The standard InChI is InChI=1S/C29H34N4O3/c34-28(22-36-26-6-2-1-3-7-26)31-23-9-11-24(12-10-23)32-18-13-25(14-19-32)33-20-15-29(35,16-21-33)27-8-4-5-17-30-27/h1-12,17,25,35H,13-16,18-22H2,(H,31,34). The summed E-state index contributed by atoms with van der Waals surface area (Å²) in [6, 6.07) is 23.7. The summed E-state index contributed by atoms with van der Waals surface area (Å²) in [6.45, 7) is 3.79. The third-order valence-corrected chi connectivity index (χ3v) is 7.38. The van der Waals surface area contributed by atoms with Gasteiger partial charge < -0.3 is 25.0 Å². The molecule has 2 aliphatic rings.